The molecule has 0 fully saturated rings. The van der Waals surface area contributed by atoms with Gasteiger partial charge in [0.2, 0.25) is 0 Å². The number of carbonyl (C=O) groups is 1. The fourth-order valence-corrected chi connectivity index (χ4v) is 2.62. The summed E-state index contributed by atoms with van der Waals surface area (Å²) in [4.78, 5) is 20.1. The molecule has 0 saturated carbocycles. The fraction of sp³-hybridized carbons (Fsp3) is 0. The predicted octanol–water partition coefficient (Wildman–Crippen LogP) is 3.87. The smallest absolute Gasteiger partial charge is 0.275 e. The second-order valence-electron chi connectivity index (χ2n) is 4.45. The molecular weight excluding hydrogens is 327 g/mol. The van der Waals surface area contributed by atoms with Crippen LogP contribution in [0.15, 0.2) is 42.0 Å². The Bertz CT molecular complexity index is 868. The van der Waals surface area contributed by atoms with Crippen LogP contribution >= 0.6 is 11.3 Å². The summed E-state index contributed by atoms with van der Waals surface area (Å²) >= 11 is 1.22. The lowest BCUT2D eigenvalue weighted by Gasteiger charge is -2.05. The summed E-state index contributed by atoms with van der Waals surface area (Å²) < 4.78 is 39.6. The zero-order chi connectivity index (χ0) is 16.4. The van der Waals surface area contributed by atoms with E-state index < -0.39 is 29.0 Å². The van der Waals surface area contributed by atoms with Crippen molar-refractivity contribution < 1.29 is 18.0 Å². The molecule has 0 saturated heterocycles. The van der Waals surface area contributed by atoms with Crippen LogP contribution in [-0.4, -0.2) is 15.9 Å². The Morgan fingerprint density at radius 3 is 2.52 bits per heavy atom. The van der Waals surface area contributed by atoms with Crippen molar-refractivity contribution in [2.45, 2.75) is 0 Å². The first-order valence-electron chi connectivity index (χ1n) is 6.37. The van der Waals surface area contributed by atoms with Crippen molar-refractivity contribution in [2.75, 3.05) is 5.32 Å². The van der Waals surface area contributed by atoms with E-state index in [1.54, 1.807) is 24.5 Å². The lowest BCUT2D eigenvalue weighted by molar-refractivity contribution is 0.102. The van der Waals surface area contributed by atoms with Crippen LogP contribution in [0.1, 0.15) is 10.5 Å². The second-order valence-corrected chi connectivity index (χ2v) is 5.31. The molecule has 0 unspecified atom stereocenters. The minimum atomic E-state index is -1.64. The third-order valence-corrected chi connectivity index (χ3v) is 3.84. The number of hydrogen-bond donors (Lipinski definition) is 1. The van der Waals surface area contributed by atoms with Crippen molar-refractivity contribution in [1.82, 2.24) is 9.97 Å². The third-order valence-electron chi connectivity index (χ3n) is 2.95. The Hall–Kier alpha value is -2.74. The second kappa shape index (κ2) is 6.17. The van der Waals surface area contributed by atoms with Crippen molar-refractivity contribution in [3.8, 4) is 10.6 Å². The van der Waals surface area contributed by atoms with Gasteiger partial charge in [-0.2, -0.15) is 0 Å². The van der Waals surface area contributed by atoms with Gasteiger partial charge in [-0.3, -0.25) is 9.78 Å². The molecule has 3 rings (SSSR count). The van der Waals surface area contributed by atoms with Crippen LogP contribution in [-0.2, 0) is 0 Å². The number of aromatic nitrogens is 2. The average Bonchev–Trinajstić information content (AvgIpc) is 3.06. The number of rotatable bonds is 3. The molecule has 3 aromatic rings. The number of anilines is 1. The first-order valence-corrected chi connectivity index (χ1v) is 7.25. The highest BCUT2D eigenvalue weighted by Crippen LogP contribution is 2.24. The summed E-state index contributed by atoms with van der Waals surface area (Å²) in [5.74, 6) is -5.14. The lowest BCUT2D eigenvalue weighted by Crippen LogP contribution is -2.14. The van der Waals surface area contributed by atoms with Gasteiger partial charge in [-0.1, -0.05) is 0 Å². The summed E-state index contributed by atoms with van der Waals surface area (Å²) in [6, 6.07) is 5.14. The van der Waals surface area contributed by atoms with Crippen LogP contribution in [0.4, 0.5) is 18.9 Å². The Morgan fingerprint density at radius 2 is 1.78 bits per heavy atom. The zero-order valence-corrected chi connectivity index (χ0v) is 12.2. The van der Waals surface area contributed by atoms with Gasteiger partial charge in [-0.05, 0) is 24.3 Å². The van der Waals surface area contributed by atoms with E-state index in [1.807, 2.05) is 0 Å². The van der Waals surface area contributed by atoms with Crippen LogP contribution in [0.25, 0.3) is 10.6 Å². The highest BCUT2D eigenvalue weighted by atomic mass is 32.1. The molecule has 23 heavy (non-hydrogen) atoms. The molecule has 0 aliphatic carbocycles. The maximum Gasteiger partial charge on any atom is 0.275 e. The van der Waals surface area contributed by atoms with Gasteiger partial charge in [0.15, 0.2) is 17.5 Å². The summed E-state index contributed by atoms with van der Waals surface area (Å²) in [6.07, 6.45) is 3.18. The number of hydrogen-bond acceptors (Lipinski definition) is 4. The number of amides is 1. The molecule has 8 heteroatoms. The summed E-state index contributed by atoms with van der Waals surface area (Å²) in [5.41, 5.74) is 0.376. The predicted molar refractivity (Wildman–Crippen MR) is 79.6 cm³/mol. The Balaban J connectivity index is 1.82. The van der Waals surface area contributed by atoms with E-state index in [4.69, 9.17) is 0 Å². The molecule has 0 bridgehead atoms. The molecule has 2 aromatic heterocycles. The van der Waals surface area contributed by atoms with E-state index in [0.717, 1.165) is 17.7 Å². The van der Waals surface area contributed by atoms with E-state index in [1.165, 1.54) is 16.7 Å². The topological polar surface area (TPSA) is 54.9 Å². The van der Waals surface area contributed by atoms with Crippen LogP contribution in [0.5, 0.6) is 0 Å². The Morgan fingerprint density at radius 1 is 1.04 bits per heavy atom. The van der Waals surface area contributed by atoms with Crippen molar-refractivity contribution in [1.29, 1.82) is 0 Å². The van der Waals surface area contributed by atoms with Gasteiger partial charge in [0.05, 0.1) is 5.69 Å². The lowest BCUT2D eigenvalue weighted by atomic mass is 10.2. The fourth-order valence-electron chi connectivity index (χ4n) is 1.81. The van der Waals surface area contributed by atoms with Gasteiger partial charge >= 0.3 is 0 Å². The maximum absolute atomic E-state index is 13.6. The number of benzene rings is 1. The standard InChI is InChI=1S/C15H8F3N3OS/c16-9-1-2-10(13(18)12(9)17)20-14(22)11-7-23-15(21-11)8-3-5-19-6-4-8/h1-7H,(H,20,22). The van der Waals surface area contributed by atoms with Crippen molar-refractivity contribution in [3.63, 3.8) is 0 Å². The quantitative estimate of drug-likeness (QED) is 0.739. The molecule has 116 valence electrons. The van der Waals surface area contributed by atoms with E-state index in [9.17, 15) is 18.0 Å². The Kier molecular flexibility index (Phi) is 4.07. The molecule has 0 radical (unpaired) electrons. The van der Waals surface area contributed by atoms with Crippen molar-refractivity contribution >= 4 is 22.9 Å². The molecule has 1 aromatic carbocycles. The molecule has 0 atom stereocenters. The number of pyridine rings is 1. The molecule has 0 aliphatic heterocycles. The third kappa shape index (κ3) is 3.07. The Labute approximate surface area is 132 Å². The van der Waals surface area contributed by atoms with Gasteiger partial charge in [0, 0.05) is 23.3 Å². The van der Waals surface area contributed by atoms with E-state index in [-0.39, 0.29) is 5.69 Å². The number of carbonyl (C=O) groups excluding carboxylic acids is 1. The van der Waals surface area contributed by atoms with Crippen molar-refractivity contribution in [2.24, 2.45) is 0 Å². The SMILES string of the molecule is O=C(Nc1ccc(F)c(F)c1F)c1csc(-c2ccncc2)n1. The van der Waals surface area contributed by atoms with E-state index in [0.29, 0.717) is 5.01 Å². The molecule has 2 heterocycles. The normalized spacial score (nSPS) is 10.6. The zero-order valence-electron chi connectivity index (χ0n) is 11.4. The average molecular weight is 335 g/mol. The molecule has 0 aliphatic rings. The first-order chi connectivity index (χ1) is 11.1. The van der Waals surface area contributed by atoms with Gasteiger partial charge in [0.25, 0.3) is 5.91 Å². The summed E-state index contributed by atoms with van der Waals surface area (Å²) in [7, 11) is 0. The number of halogens is 3. The first kappa shape index (κ1) is 15.2. The molecule has 1 N–H and O–H groups in total. The van der Waals surface area contributed by atoms with Gasteiger partial charge in [-0.15, -0.1) is 11.3 Å². The van der Waals surface area contributed by atoms with Crippen molar-refractivity contribution in [3.05, 3.63) is 65.2 Å². The summed E-state index contributed by atoms with van der Waals surface area (Å²) in [5, 5.41) is 4.25. The highest BCUT2D eigenvalue weighted by molar-refractivity contribution is 7.13. The number of thiazole rings is 1. The monoisotopic (exact) mass is 335 g/mol. The minimum Gasteiger partial charge on any atom is -0.318 e. The van der Waals surface area contributed by atoms with E-state index >= 15 is 0 Å². The maximum atomic E-state index is 13.6. The van der Waals surface area contributed by atoms with Crippen LogP contribution in [0, 0.1) is 17.5 Å². The highest BCUT2D eigenvalue weighted by Gasteiger charge is 2.17. The minimum absolute atomic E-state index is 0.0472. The van der Waals surface area contributed by atoms with Gasteiger partial charge in [0.1, 0.15) is 10.7 Å². The van der Waals surface area contributed by atoms with Gasteiger partial charge < -0.3 is 5.32 Å². The summed E-state index contributed by atoms with van der Waals surface area (Å²) in [6.45, 7) is 0. The van der Waals surface area contributed by atoms with E-state index in [2.05, 4.69) is 15.3 Å². The molecule has 4 nitrogen and oxygen atoms in total. The number of nitrogens with one attached hydrogen (secondary N) is 1. The van der Waals surface area contributed by atoms with Gasteiger partial charge in [-0.25, -0.2) is 18.2 Å². The van der Waals surface area contributed by atoms with Crippen LogP contribution < -0.4 is 5.32 Å². The molecule has 0 spiro atoms. The largest absolute Gasteiger partial charge is 0.318 e. The molecular formula is C15H8F3N3OS. The van der Waals surface area contributed by atoms with Crippen LogP contribution in [0.2, 0.25) is 0 Å². The molecule has 1 amide bonds. The van der Waals surface area contributed by atoms with Crippen LogP contribution in [0.3, 0.4) is 0 Å². The number of nitrogens with zero attached hydrogens (tertiary/aromatic N) is 2.